The average Bonchev–Trinajstić information content (AvgIpc) is 2.18. The molecule has 4 heteroatoms. The minimum Gasteiger partial charge on any atom is -0.395 e. The lowest BCUT2D eigenvalue weighted by molar-refractivity contribution is 0.183. The molecule has 0 bridgehead atoms. The zero-order valence-electron chi connectivity index (χ0n) is 8.83. The minimum absolute atomic E-state index is 0.0188. The highest BCUT2D eigenvalue weighted by atomic mass is 16.3. The van der Waals surface area contributed by atoms with Crippen molar-refractivity contribution >= 4 is 6.03 Å². The van der Waals surface area contributed by atoms with E-state index in [1.807, 2.05) is 0 Å². The molecule has 0 heterocycles. The number of hydrogen-bond acceptors (Lipinski definition) is 2. The summed E-state index contributed by atoms with van der Waals surface area (Å²) >= 11 is 0. The van der Waals surface area contributed by atoms with Gasteiger partial charge in [-0.15, -0.1) is 6.58 Å². The summed E-state index contributed by atoms with van der Waals surface area (Å²) in [6, 6.07) is -0.132. The number of rotatable bonds is 7. The van der Waals surface area contributed by atoms with Crippen LogP contribution in [0.25, 0.3) is 0 Å². The minimum atomic E-state index is -0.132. The van der Waals surface area contributed by atoms with Crippen LogP contribution in [0.1, 0.15) is 19.8 Å². The summed E-state index contributed by atoms with van der Waals surface area (Å²) in [4.78, 5) is 13.0. The molecule has 2 amide bonds. The Labute approximate surface area is 85.6 Å². The van der Waals surface area contributed by atoms with Gasteiger partial charge in [0.1, 0.15) is 0 Å². The number of carbonyl (C=O) groups excluding carboxylic acids is 1. The van der Waals surface area contributed by atoms with Crippen LogP contribution in [0, 0.1) is 0 Å². The maximum absolute atomic E-state index is 11.5. The van der Waals surface area contributed by atoms with Gasteiger partial charge in [-0.1, -0.05) is 19.4 Å². The highest BCUT2D eigenvalue weighted by molar-refractivity contribution is 5.74. The van der Waals surface area contributed by atoms with Gasteiger partial charge in [0.05, 0.1) is 6.61 Å². The smallest absolute Gasteiger partial charge is 0.317 e. The van der Waals surface area contributed by atoms with Crippen LogP contribution < -0.4 is 5.32 Å². The summed E-state index contributed by atoms with van der Waals surface area (Å²) in [6.07, 6.45) is 3.68. The van der Waals surface area contributed by atoms with E-state index < -0.39 is 0 Å². The first-order valence-electron chi connectivity index (χ1n) is 5.00. The Morgan fingerprint density at radius 2 is 2.36 bits per heavy atom. The molecule has 0 aliphatic carbocycles. The summed E-state index contributed by atoms with van der Waals surface area (Å²) in [5.41, 5.74) is 0. The van der Waals surface area contributed by atoms with Crippen LogP contribution in [-0.4, -0.2) is 42.3 Å². The topological polar surface area (TPSA) is 52.6 Å². The lowest BCUT2D eigenvalue weighted by atomic mass is 10.3. The Morgan fingerprint density at radius 3 is 2.86 bits per heavy atom. The van der Waals surface area contributed by atoms with Gasteiger partial charge in [0.15, 0.2) is 0 Å². The van der Waals surface area contributed by atoms with E-state index in [2.05, 4.69) is 18.8 Å². The van der Waals surface area contributed by atoms with Crippen molar-refractivity contribution < 1.29 is 9.90 Å². The second kappa shape index (κ2) is 8.56. The molecule has 0 aromatic heterocycles. The highest BCUT2D eigenvalue weighted by Gasteiger charge is 2.09. The largest absolute Gasteiger partial charge is 0.395 e. The fraction of sp³-hybridized carbons (Fsp3) is 0.700. The molecule has 0 atom stereocenters. The predicted molar refractivity (Wildman–Crippen MR) is 57.2 cm³/mol. The van der Waals surface area contributed by atoms with Crippen molar-refractivity contribution in [3.05, 3.63) is 12.7 Å². The van der Waals surface area contributed by atoms with Gasteiger partial charge >= 0.3 is 6.03 Å². The zero-order chi connectivity index (χ0) is 10.8. The lowest BCUT2D eigenvalue weighted by Gasteiger charge is -2.20. The predicted octanol–water partition coefficient (Wildman–Crippen LogP) is 0.976. The molecule has 82 valence electrons. The summed E-state index contributed by atoms with van der Waals surface area (Å²) in [5.74, 6) is 0. The first kappa shape index (κ1) is 13.0. The summed E-state index contributed by atoms with van der Waals surface area (Å²) in [6.45, 7) is 7.12. The van der Waals surface area contributed by atoms with Crippen LogP contribution in [0.5, 0.6) is 0 Å². The molecule has 0 aromatic rings. The van der Waals surface area contributed by atoms with E-state index in [-0.39, 0.29) is 12.6 Å². The van der Waals surface area contributed by atoms with E-state index in [9.17, 15) is 4.79 Å². The van der Waals surface area contributed by atoms with Gasteiger partial charge in [0.2, 0.25) is 0 Å². The average molecular weight is 200 g/mol. The van der Waals surface area contributed by atoms with E-state index in [4.69, 9.17) is 5.11 Å². The number of nitrogens with zero attached hydrogens (tertiary/aromatic N) is 1. The number of hydrogen-bond donors (Lipinski definition) is 2. The van der Waals surface area contributed by atoms with E-state index in [1.165, 1.54) is 4.90 Å². The second-order valence-electron chi connectivity index (χ2n) is 3.04. The quantitative estimate of drug-likeness (QED) is 0.475. The van der Waals surface area contributed by atoms with Gasteiger partial charge in [-0.05, 0) is 6.42 Å². The lowest BCUT2D eigenvalue weighted by Crippen LogP contribution is -2.41. The number of aliphatic hydroxyl groups excluding tert-OH is 1. The SMILES string of the molecule is C=CCN(CCO)C(=O)NCCCC. The van der Waals surface area contributed by atoms with Crippen LogP contribution in [0.2, 0.25) is 0 Å². The second-order valence-corrected chi connectivity index (χ2v) is 3.04. The molecule has 2 N–H and O–H groups in total. The van der Waals surface area contributed by atoms with Gasteiger partial charge in [-0.25, -0.2) is 4.79 Å². The van der Waals surface area contributed by atoms with Crippen molar-refractivity contribution in [2.45, 2.75) is 19.8 Å². The van der Waals surface area contributed by atoms with Crippen LogP contribution in [0.15, 0.2) is 12.7 Å². The molecule has 0 aromatic carbocycles. The van der Waals surface area contributed by atoms with Crippen molar-refractivity contribution in [1.29, 1.82) is 0 Å². The fourth-order valence-electron chi connectivity index (χ4n) is 1.04. The van der Waals surface area contributed by atoms with Crippen molar-refractivity contribution in [3.8, 4) is 0 Å². The van der Waals surface area contributed by atoms with E-state index >= 15 is 0 Å². The number of amides is 2. The van der Waals surface area contributed by atoms with Crippen molar-refractivity contribution in [2.75, 3.05) is 26.2 Å². The number of nitrogens with one attached hydrogen (secondary N) is 1. The molecule has 0 saturated carbocycles. The van der Waals surface area contributed by atoms with E-state index in [0.717, 1.165) is 12.8 Å². The molecule has 0 aliphatic rings. The molecular weight excluding hydrogens is 180 g/mol. The number of aliphatic hydroxyl groups is 1. The van der Waals surface area contributed by atoms with Crippen LogP contribution in [-0.2, 0) is 0 Å². The zero-order valence-corrected chi connectivity index (χ0v) is 8.83. The third-order valence-corrected chi connectivity index (χ3v) is 1.81. The molecule has 0 aliphatic heterocycles. The molecule has 0 rings (SSSR count). The standard InChI is InChI=1S/C10H20N2O2/c1-3-5-6-11-10(14)12(7-4-2)8-9-13/h4,13H,2-3,5-9H2,1H3,(H,11,14). The maximum Gasteiger partial charge on any atom is 0.317 e. The molecule has 4 nitrogen and oxygen atoms in total. The van der Waals surface area contributed by atoms with Crippen LogP contribution >= 0.6 is 0 Å². The van der Waals surface area contributed by atoms with Gasteiger partial charge in [-0.3, -0.25) is 0 Å². The molecule has 0 unspecified atom stereocenters. The van der Waals surface area contributed by atoms with Crippen molar-refractivity contribution in [2.24, 2.45) is 0 Å². The van der Waals surface area contributed by atoms with Crippen molar-refractivity contribution in [1.82, 2.24) is 10.2 Å². The molecule has 0 fully saturated rings. The molecule has 0 radical (unpaired) electrons. The number of urea groups is 1. The number of unbranched alkanes of at least 4 members (excludes halogenated alkanes) is 1. The molecule has 0 saturated heterocycles. The monoisotopic (exact) mass is 200 g/mol. The Kier molecular flexibility index (Phi) is 7.93. The van der Waals surface area contributed by atoms with Crippen LogP contribution in [0.4, 0.5) is 4.79 Å². The van der Waals surface area contributed by atoms with E-state index in [0.29, 0.717) is 19.6 Å². The van der Waals surface area contributed by atoms with Gasteiger partial charge in [0.25, 0.3) is 0 Å². The first-order valence-corrected chi connectivity index (χ1v) is 5.00. The van der Waals surface area contributed by atoms with Gasteiger partial charge in [0, 0.05) is 19.6 Å². The first-order chi connectivity index (χ1) is 6.76. The third-order valence-electron chi connectivity index (χ3n) is 1.81. The van der Waals surface area contributed by atoms with Crippen molar-refractivity contribution in [3.63, 3.8) is 0 Å². The fourth-order valence-corrected chi connectivity index (χ4v) is 1.04. The maximum atomic E-state index is 11.5. The Hall–Kier alpha value is -1.03. The third kappa shape index (κ3) is 5.59. The number of carbonyl (C=O) groups is 1. The van der Waals surface area contributed by atoms with Gasteiger partial charge < -0.3 is 15.3 Å². The molecular formula is C10H20N2O2. The molecule has 0 spiro atoms. The van der Waals surface area contributed by atoms with Crippen LogP contribution in [0.3, 0.4) is 0 Å². The Balaban J connectivity index is 3.81. The summed E-state index contributed by atoms with van der Waals surface area (Å²) < 4.78 is 0. The summed E-state index contributed by atoms with van der Waals surface area (Å²) in [5, 5.41) is 11.5. The Bertz CT molecular complexity index is 172. The highest BCUT2D eigenvalue weighted by Crippen LogP contribution is 1.91. The van der Waals surface area contributed by atoms with E-state index in [1.54, 1.807) is 6.08 Å². The molecule has 14 heavy (non-hydrogen) atoms. The summed E-state index contributed by atoms with van der Waals surface area (Å²) in [7, 11) is 0. The normalized spacial score (nSPS) is 9.57. The van der Waals surface area contributed by atoms with Gasteiger partial charge in [-0.2, -0.15) is 0 Å². The Morgan fingerprint density at radius 1 is 1.64 bits per heavy atom.